The Kier molecular flexibility index (Phi) is 9.69. The van der Waals surface area contributed by atoms with E-state index >= 15 is 0 Å². The molecular weight excluding hydrogens is 490 g/mol. The van der Waals surface area contributed by atoms with Gasteiger partial charge >= 0.3 is 5.97 Å². The quantitative estimate of drug-likeness (QED) is 0.376. The van der Waals surface area contributed by atoms with E-state index in [1.54, 1.807) is 0 Å². The largest absolute Gasteiger partial charge is 0.480 e. The second-order valence-corrected chi connectivity index (χ2v) is 9.56. The smallest absolute Gasteiger partial charge is 0.322 e. The molecule has 13 heteroatoms. The van der Waals surface area contributed by atoms with Crippen molar-refractivity contribution in [1.29, 1.82) is 0 Å². The molecule has 2 rings (SSSR count). The molecule has 0 fully saturated rings. The number of thioether (sulfide) groups is 1. The summed E-state index contributed by atoms with van der Waals surface area (Å²) >= 11 is 6.99. The van der Waals surface area contributed by atoms with Crippen molar-refractivity contribution in [2.45, 2.75) is 10.6 Å². The number of carbonyl (C=O) groups is 2. The van der Waals surface area contributed by atoms with Crippen molar-refractivity contribution < 1.29 is 36.6 Å². The molecule has 0 unspecified atom stereocenters. The number of nitrogens with one attached hydrogen (secondary N) is 2. The van der Waals surface area contributed by atoms with E-state index in [-0.39, 0.29) is 17.2 Å². The van der Waals surface area contributed by atoms with Gasteiger partial charge in [-0.2, -0.15) is 11.8 Å². The SMILES string of the molecule is O=C(O)CNC(=O)COc1c(F)cc(CSCCNS(=O)(=O)c2ccc(Cl)cc2)cc1F. The Morgan fingerprint density at radius 3 is 2.34 bits per heavy atom. The second-order valence-electron chi connectivity index (χ2n) is 6.25. The molecule has 3 N–H and O–H groups in total. The number of aliphatic carboxylic acids is 1. The minimum absolute atomic E-state index is 0.0725. The average molecular weight is 509 g/mol. The zero-order chi connectivity index (χ0) is 23.7. The maximum absolute atomic E-state index is 14.1. The lowest BCUT2D eigenvalue weighted by atomic mass is 10.2. The highest BCUT2D eigenvalue weighted by Gasteiger charge is 2.16. The molecule has 0 aliphatic heterocycles. The van der Waals surface area contributed by atoms with Crippen LogP contribution in [-0.4, -0.2) is 50.9 Å². The van der Waals surface area contributed by atoms with Crippen LogP contribution in [0.4, 0.5) is 8.78 Å². The summed E-state index contributed by atoms with van der Waals surface area (Å²) < 4.78 is 59.8. The third kappa shape index (κ3) is 8.26. The van der Waals surface area contributed by atoms with Gasteiger partial charge in [0.25, 0.3) is 5.91 Å². The van der Waals surface area contributed by atoms with Crippen LogP contribution in [0, 0.1) is 11.6 Å². The van der Waals surface area contributed by atoms with Crippen molar-refractivity contribution in [1.82, 2.24) is 10.0 Å². The van der Waals surface area contributed by atoms with Gasteiger partial charge in [-0.25, -0.2) is 21.9 Å². The summed E-state index contributed by atoms with van der Waals surface area (Å²) in [5, 5.41) is 10.9. The van der Waals surface area contributed by atoms with Crippen LogP contribution in [-0.2, 0) is 25.4 Å². The highest BCUT2D eigenvalue weighted by Crippen LogP contribution is 2.25. The number of carbonyl (C=O) groups excluding carboxylic acids is 1. The number of carboxylic acids is 1. The Labute approximate surface area is 192 Å². The molecule has 0 atom stereocenters. The Balaban J connectivity index is 1.80. The molecule has 2 aromatic carbocycles. The van der Waals surface area contributed by atoms with Gasteiger partial charge in [0, 0.05) is 23.1 Å². The maximum atomic E-state index is 14.1. The molecule has 32 heavy (non-hydrogen) atoms. The summed E-state index contributed by atoms with van der Waals surface area (Å²) in [5.41, 5.74) is 0.299. The fourth-order valence-corrected chi connectivity index (χ4v) is 4.41. The molecule has 0 aliphatic rings. The first-order valence-electron chi connectivity index (χ1n) is 9.00. The van der Waals surface area contributed by atoms with Crippen LogP contribution in [0.5, 0.6) is 5.75 Å². The van der Waals surface area contributed by atoms with Crippen LogP contribution in [0.15, 0.2) is 41.3 Å². The second kappa shape index (κ2) is 12.0. The predicted octanol–water partition coefficient (Wildman–Crippen LogP) is 2.41. The van der Waals surface area contributed by atoms with Crippen LogP contribution in [0.25, 0.3) is 0 Å². The van der Waals surface area contributed by atoms with Crippen molar-refractivity contribution in [2.75, 3.05) is 25.4 Å². The lowest BCUT2D eigenvalue weighted by molar-refractivity contribution is -0.138. The first-order valence-corrected chi connectivity index (χ1v) is 12.0. The molecule has 0 saturated heterocycles. The van der Waals surface area contributed by atoms with Gasteiger partial charge in [-0.3, -0.25) is 9.59 Å². The molecule has 1 amide bonds. The van der Waals surface area contributed by atoms with Gasteiger partial charge in [0.2, 0.25) is 10.0 Å². The van der Waals surface area contributed by atoms with Crippen molar-refractivity contribution in [3.63, 3.8) is 0 Å². The predicted molar refractivity (Wildman–Crippen MR) is 115 cm³/mol. The van der Waals surface area contributed by atoms with E-state index in [4.69, 9.17) is 21.4 Å². The van der Waals surface area contributed by atoms with Crippen LogP contribution in [0.3, 0.4) is 0 Å². The number of rotatable bonds is 12. The van der Waals surface area contributed by atoms with E-state index < -0.39 is 52.4 Å². The Morgan fingerprint density at radius 2 is 1.75 bits per heavy atom. The van der Waals surface area contributed by atoms with E-state index in [9.17, 15) is 26.8 Å². The highest BCUT2D eigenvalue weighted by molar-refractivity contribution is 7.98. The van der Waals surface area contributed by atoms with Gasteiger partial charge in [-0.15, -0.1) is 0 Å². The number of amides is 1. The summed E-state index contributed by atoms with van der Waals surface area (Å²) in [7, 11) is -3.69. The molecule has 0 bridgehead atoms. The fraction of sp³-hybridized carbons (Fsp3) is 0.263. The molecular formula is C19H19ClF2N2O6S2. The number of sulfonamides is 1. The molecule has 0 spiro atoms. The monoisotopic (exact) mass is 508 g/mol. The summed E-state index contributed by atoms with van der Waals surface area (Å²) in [6.45, 7) is -1.28. The zero-order valence-corrected chi connectivity index (χ0v) is 18.8. The average Bonchev–Trinajstić information content (AvgIpc) is 2.71. The molecule has 0 heterocycles. The molecule has 0 aromatic heterocycles. The van der Waals surface area contributed by atoms with Crippen molar-refractivity contribution in [3.05, 3.63) is 58.6 Å². The summed E-state index contributed by atoms with van der Waals surface area (Å²) in [5.74, 6) is -4.35. The molecule has 0 radical (unpaired) electrons. The summed E-state index contributed by atoms with van der Waals surface area (Å²) in [6.07, 6.45) is 0. The topological polar surface area (TPSA) is 122 Å². The van der Waals surface area contributed by atoms with E-state index in [1.807, 2.05) is 5.32 Å². The molecule has 8 nitrogen and oxygen atoms in total. The molecule has 174 valence electrons. The number of benzene rings is 2. The Hall–Kier alpha value is -2.41. The zero-order valence-electron chi connectivity index (χ0n) is 16.4. The van der Waals surface area contributed by atoms with Gasteiger partial charge in [0.05, 0.1) is 4.90 Å². The van der Waals surface area contributed by atoms with E-state index in [2.05, 4.69) is 4.72 Å². The molecule has 2 aromatic rings. The van der Waals surface area contributed by atoms with E-state index in [0.717, 1.165) is 12.1 Å². The molecule has 0 aliphatic carbocycles. The van der Waals surface area contributed by atoms with Gasteiger partial charge in [-0.1, -0.05) is 11.6 Å². The minimum Gasteiger partial charge on any atom is -0.480 e. The van der Waals surface area contributed by atoms with E-state index in [1.165, 1.54) is 36.0 Å². The van der Waals surface area contributed by atoms with Crippen LogP contribution >= 0.6 is 23.4 Å². The highest BCUT2D eigenvalue weighted by atomic mass is 35.5. The number of hydrogen-bond donors (Lipinski definition) is 3. The standard InChI is InChI=1S/C19H19ClF2N2O6S2/c20-13-1-3-14(4-2-13)32(28,29)24-5-6-31-11-12-7-15(21)19(16(22)8-12)30-10-17(25)23-9-18(26)27/h1-4,7-8,24H,5-6,9-11H2,(H,23,25)(H,26,27). The van der Waals surface area contributed by atoms with Gasteiger partial charge in [-0.05, 0) is 42.0 Å². The van der Waals surface area contributed by atoms with Gasteiger partial charge < -0.3 is 15.2 Å². The summed E-state index contributed by atoms with van der Waals surface area (Å²) in [4.78, 5) is 21.8. The van der Waals surface area contributed by atoms with Gasteiger partial charge in [0.15, 0.2) is 24.0 Å². The normalized spacial score (nSPS) is 11.2. The molecule has 0 saturated carbocycles. The fourth-order valence-electron chi connectivity index (χ4n) is 2.33. The van der Waals surface area contributed by atoms with Gasteiger partial charge in [0.1, 0.15) is 6.54 Å². The van der Waals surface area contributed by atoms with Crippen molar-refractivity contribution in [3.8, 4) is 5.75 Å². The Morgan fingerprint density at radius 1 is 1.12 bits per heavy atom. The first kappa shape index (κ1) is 25.8. The number of halogens is 3. The van der Waals surface area contributed by atoms with Crippen LogP contribution in [0.1, 0.15) is 5.56 Å². The number of hydrogen-bond acceptors (Lipinski definition) is 6. The number of ether oxygens (including phenoxy) is 1. The lowest BCUT2D eigenvalue weighted by Gasteiger charge is -2.10. The van der Waals surface area contributed by atoms with Crippen molar-refractivity contribution >= 4 is 45.3 Å². The van der Waals surface area contributed by atoms with Crippen LogP contribution in [0.2, 0.25) is 5.02 Å². The maximum Gasteiger partial charge on any atom is 0.322 e. The third-order valence-electron chi connectivity index (χ3n) is 3.77. The lowest BCUT2D eigenvalue weighted by Crippen LogP contribution is -2.33. The van der Waals surface area contributed by atoms with Crippen molar-refractivity contribution in [2.24, 2.45) is 0 Å². The third-order valence-corrected chi connectivity index (χ3v) is 6.53. The van der Waals surface area contributed by atoms with E-state index in [0.29, 0.717) is 16.3 Å². The minimum atomic E-state index is -3.69. The Bertz CT molecular complexity index is 1040. The number of carboxylic acid groups (broad SMARTS) is 1. The van der Waals surface area contributed by atoms with Crippen LogP contribution < -0.4 is 14.8 Å². The first-order chi connectivity index (χ1) is 15.1. The summed E-state index contributed by atoms with van der Waals surface area (Å²) in [6, 6.07) is 7.76.